The Morgan fingerprint density at radius 3 is 2.90 bits per heavy atom. The number of nitrogens with zero attached hydrogens (tertiary/aromatic N) is 1. The smallest absolute Gasteiger partial charge is 0.139 e. The summed E-state index contributed by atoms with van der Waals surface area (Å²) in [5.74, 6) is 0.300. The van der Waals surface area contributed by atoms with E-state index in [1.54, 1.807) is 0 Å². The number of rotatable bonds is 2. The molecule has 0 bridgehead atoms. The molecular formula is C17H22ClNO2. The molecule has 3 nitrogen and oxygen atoms in total. The van der Waals surface area contributed by atoms with Crippen LogP contribution < -0.4 is 0 Å². The fourth-order valence-electron chi connectivity index (χ4n) is 3.12. The quantitative estimate of drug-likeness (QED) is 0.836. The minimum absolute atomic E-state index is 0.0368. The molecule has 2 unspecified atom stereocenters. The van der Waals surface area contributed by atoms with E-state index >= 15 is 0 Å². The SMILES string of the molecule is CC(C)(C)C(=O)CC1COC2c3cc(Cl)ccc3CCN12. The Labute approximate surface area is 131 Å². The molecule has 2 aliphatic rings. The lowest BCUT2D eigenvalue weighted by molar-refractivity contribution is -0.127. The second-order valence-corrected chi connectivity index (χ2v) is 7.48. The predicted octanol–water partition coefficient (Wildman–Crippen LogP) is 3.60. The van der Waals surface area contributed by atoms with Crippen LogP contribution >= 0.6 is 11.6 Å². The molecule has 2 aliphatic heterocycles. The Morgan fingerprint density at radius 1 is 1.43 bits per heavy atom. The summed E-state index contributed by atoms with van der Waals surface area (Å²) in [6, 6.07) is 6.22. The molecule has 0 aliphatic carbocycles. The van der Waals surface area contributed by atoms with Gasteiger partial charge in [-0.1, -0.05) is 38.4 Å². The van der Waals surface area contributed by atoms with Gasteiger partial charge in [-0.3, -0.25) is 9.69 Å². The average molecular weight is 308 g/mol. The first-order valence-corrected chi connectivity index (χ1v) is 7.93. The number of carbonyl (C=O) groups excluding carboxylic acids is 1. The molecule has 0 radical (unpaired) electrons. The van der Waals surface area contributed by atoms with Crippen LogP contribution in [0.3, 0.4) is 0 Å². The first kappa shape index (κ1) is 15.0. The van der Waals surface area contributed by atoms with Crippen LogP contribution in [0.1, 0.15) is 44.5 Å². The van der Waals surface area contributed by atoms with Gasteiger partial charge in [0.05, 0.1) is 6.61 Å². The lowest BCUT2D eigenvalue weighted by Gasteiger charge is -2.34. The molecule has 21 heavy (non-hydrogen) atoms. The molecule has 1 saturated heterocycles. The van der Waals surface area contributed by atoms with Gasteiger partial charge in [-0.2, -0.15) is 0 Å². The van der Waals surface area contributed by atoms with E-state index in [0.29, 0.717) is 18.8 Å². The third-order valence-corrected chi connectivity index (χ3v) is 4.72. The molecule has 0 aromatic heterocycles. The molecule has 4 heteroatoms. The second kappa shape index (κ2) is 5.38. The highest BCUT2D eigenvalue weighted by molar-refractivity contribution is 6.30. The number of hydrogen-bond donors (Lipinski definition) is 0. The summed E-state index contributed by atoms with van der Waals surface area (Å²) in [6.07, 6.45) is 1.52. The van der Waals surface area contributed by atoms with E-state index in [4.69, 9.17) is 16.3 Å². The normalized spacial score (nSPS) is 25.5. The summed E-state index contributed by atoms with van der Waals surface area (Å²) in [5.41, 5.74) is 2.19. The van der Waals surface area contributed by atoms with Gasteiger partial charge >= 0.3 is 0 Å². The number of fused-ring (bicyclic) bond motifs is 3. The summed E-state index contributed by atoms with van der Waals surface area (Å²) in [5, 5.41) is 0.744. The molecule has 1 aromatic carbocycles. The van der Waals surface area contributed by atoms with Gasteiger partial charge < -0.3 is 4.74 Å². The number of benzene rings is 1. The van der Waals surface area contributed by atoms with Gasteiger partial charge in [0.25, 0.3) is 0 Å². The zero-order chi connectivity index (χ0) is 15.2. The highest BCUT2D eigenvalue weighted by atomic mass is 35.5. The van der Waals surface area contributed by atoms with Crippen molar-refractivity contribution in [1.82, 2.24) is 4.90 Å². The summed E-state index contributed by atoms with van der Waals surface area (Å²) < 4.78 is 5.98. The maximum Gasteiger partial charge on any atom is 0.139 e. The fraction of sp³-hybridized carbons (Fsp3) is 0.588. The molecule has 1 aromatic rings. The Kier molecular flexibility index (Phi) is 3.85. The number of hydrogen-bond acceptors (Lipinski definition) is 3. The third-order valence-electron chi connectivity index (χ3n) is 4.49. The van der Waals surface area contributed by atoms with Crippen molar-refractivity contribution in [2.24, 2.45) is 5.41 Å². The maximum atomic E-state index is 12.3. The lowest BCUT2D eigenvalue weighted by atomic mass is 9.86. The average Bonchev–Trinajstić information content (AvgIpc) is 2.81. The molecule has 0 spiro atoms. The fourth-order valence-corrected chi connectivity index (χ4v) is 3.30. The van der Waals surface area contributed by atoms with Gasteiger partial charge in [0.15, 0.2) is 0 Å². The zero-order valence-corrected chi connectivity index (χ0v) is 13.6. The molecular weight excluding hydrogens is 286 g/mol. The summed E-state index contributed by atoms with van der Waals surface area (Å²) in [7, 11) is 0. The monoisotopic (exact) mass is 307 g/mol. The van der Waals surface area contributed by atoms with E-state index < -0.39 is 0 Å². The largest absolute Gasteiger partial charge is 0.357 e. The van der Waals surface area contributed by atoms with E-state index in [0.717, 1.165) is 18.0 Å². The Morgan fingerprint density at radius 2 is 2.19 bits per heavy atom. The van der Waals surface area contributed by atoms with E-state index in [1.807, 2.05) is 32.9 Å². The van der Waals surface area contributed by atoms with Crippen LogP contribution in [-0.2, 0) is 16.0 Å². The van der Waals surface area contributed by atoms with Gasteiger partial charge in [-0.15, -0.1) is 0 Å². The van der Waals surface area contributed by atoms with E-state index in [1.165, 1.54) is 11.1 Å². The Hall–Kier alpha value is -0.900. The van der Waals surface area contributed by atoms with Crippen LogP contribution in [0.15, 0.2) is 18.2 Å². The number of Topliss-reactive ketones (excluding diaryl/α,β-unsaturated/α-hetero) is 1. The van der Waals surface area contributed by atoms with Crippen molar-refractivity contribution in [2.75, 3.05) is 13.2 Å². The van der Waals surface area contributed by atoms with Crippen molar-refractivity contribution >= 4 is 17.4 Å². The van der Waals surface area contributed by atoms with Crippen LogP contribution in [0.25, 0.3) is 0 Å². The summed E-state index contributed by atoms with van der Waals surface area (Å²) in [4.78, 5) is 14.6. The molecule has 2 heterocycles. The summed E-state index contributed by atoms with van der Waals surface area (Å²) >= 11 is 6.12. The van der Waals surface area contributed by atoms with Crippen molar-refractivity contribution in [3.63, 3.8) is 0 Å². The number of carbonyl (C=O) groups is 1. The van der Waals surface area contributed by atoms with Crippen molar-refractivity contribution in [1.29, 1.82) is 0 Å². The van der Waals surface area contributed by atoms with Crippen LogP contribution in [0, 0.1) is 5.41 Å². The highest BCUT2D eigenvalue weighted by Crippen LogP contribution is 2.39. The standard InChI is InChI=1S/C17H22ClNO2/c1-17(2,3)15(20)9-13-10-21-16-14-8-12(18)5-4-11(14)6-7-19(13)16/h4-5,8,13,16H,6-7,9-10H2,1-3H3. The lowest BCUT2D eigenvalue weighted by Crippen LogP contribution is -2.40. The van der Waals surface area contributed by atoms with Crippen molar-refractivity contribution < 1.29 is 9.53 Å². The van der Waals surface area contributed by atoms with Crippen LogP contribution in [0.5, 0.6) is 0 Å². The van der Waals surface area contributed by atoms with E-state index in [2.05, 4.69) is 11.0 Å². The van der Waals surface area contributed by atoms with Gasteiger partial charge in [-0.25, -0.2) is 0 Å². The minimum atomic E-state index is -0.283. The minimum Gasteiger partial charge on any atom is -0.357 e. The van der Waals surface area contributed by atoms with Gasteiger partial charge in [-0.05, 0) is 24.1 Å². The molecule has 3 rings (SSSR count). The zero-order valence-electron chi connectivity index (χ0n) is 12.9. The highest BCUT2D eigenvalue weighted by Gasteiger charge is 2.40. The van der Waals surface area contributed by atoms with E-state index in [-0.39, 0.29) is 17.7 Å². The van der Waals surface area contributed by atoms with Crippen molar-refractivity contribution in [3.8, 4) is 0 Å². The Balaban J connectivity index is 1.79. The first-order chi connectivity index (χ1) is 9.86. The van der Waals surface area contributed by atoms with Gasteiger partial charge in [0.1, 0.15) is 12.0 Å². The molecule has 0 amide bonds. The van der Waals surface area contributed by atoms with Gasteiger partial charge in [0, 0.05) is 35.0 Å². The summed E-state index contributed by atoms with van der Waals surface area (Å²) in [6.45, 7) is 7.51. The molecule has 2 atom stereocenters. The van der Waals surface area contributed by atoms with Crippen molar-refractivity contribution in [3.05, 3.63) is 34.3 Å². The molecule has 114 valence electrons. The third kappa shape index (κ3) is 2.87. The predicted molar refractivity (Wildman–Crippen MR) is 83.4 cm³/mol. The number of halogens is 1. The van der Waals surface area contributed by atoms with Crippen molar-refractivity contribution in [2.45, 2.75) is 45.9 Å². The first-order valence-electron chi connectivity index (χ1n) is 7.55. The second-order valence-electron chi connectivity index (χ2n) is 7.05. The van der Waals surface area contributed by atoms with Crippen LogP contribution in [-0.4, -0.2) is 29.9 Å². The van der Waals surface area contributed by atoms with Crippen LogP contribution in [0.4, 0.5) is 0 Å². The van der Waals surface area contributed by atoms with E-state index in [9.17, 15) is 4.79 Å². The molecule has 1 fully saturated rings. The number of ketones is 1. The molecule has 0 saturated carbocycles. The van der Waals surface area contributed by atoms with Crippen LogP contribution in [0.2, 0.25) is 5.02 Å². The van der Waals surface area contributed by atoms with Gasteiger partial charge in [0.2, 0.25) is 0 Å². The molecule has 0 N–H and O–H groups in total. The topological polar surface area (TPSA) is 29.5 Å². The Bertz CT molecular complexity index is 564. The number of ether oxygens (including phenoxy) is 1. The maximum absolute atomic E-state index is 12.3.